The molecular formula is C18H16N6O. The molecule has 0 aliphatic rings. The quantitative estimate of drug-likeness (QED) is 0.539. The van der Waals surface area contributed by atoms with Crippen molar-refractivity contribution in [1.82, 2.24) is 29.5 Å². The van der Waals surface area contributed by atoms with Crippen molar-refractivity contribution < 1.29 is 4.74 Å². The van der Waals surface area contributed by atoms with Crippen molar-refractivity contribution in [3.63, 3.8) is 0 Å². The third kappa shape index (κ3) is 1.89. The maximum absolute atomic E-state index is 5.37. The second-order valence-corrected chi connectivity index (χ2v) is 6.13. The summed E-state index contributed by atoms with van der Waals surface area (Å²) in [6.45, 7) is 0. The van der Waals surface area contributed by atoms with Crippen molar-refractivity contribution in [1.29, 1.82) is 0 Å². The van der Waals surface area contributed by atoms with E-state index in [-0.39, 0.29) is 0 Å². The minimum Gasteiger partial charge on any atom is -0.497 e. The van der Waals surface area contributed by atoms with Gasteiger partial charge in [-0.2, -0.15) is 5.10 Å². The van der Waals surface area contributed by atoms with Gasteiger partial charge in [0.15, 0.2) is 5.65 Å². The maximum Gasteiger partial charge on any atom is 0.162 e. The van der Waals surface area contributed by atoms with E-state index >= 15 is 0 Å². The highest BCUT2D eigenvalue weighted by atomic mass is 16.5. The fraction of sp³-hybridized carbons (Fsp3) is 0.167. The van der Waals surface area contributed by atoms with Gasteiger partial charge in [0.1, 0.15) is 11.4 Å². The monoisotopic (exact) mass is 332 g/mol. The van der Waals surface area contributed by atoms with E-state index in [1.54, 1.807) is 7.11 Å². The number of methoxy groups -OCH3 is 1. The van der Waals surface area contributed by atoms with Gasteiger partial charge < -0.3 is 9.84 Å². The van der Waals surface area contributed by atoms with Crippen LogP contribution in [-0.4, -0.2) is 36.6 Å². The van der Waals surface area contributed by atoms with Crippen LogP contribution in [0.2, 0.25) is 0 Å². The molecule has 124 valence electrons. The van der Waals surface area contributed by atoms with Gasteiger partial charge in [-0.3, -0.25) is 9.36 Å². The van der Waals surface area contributed by atoms with Crippen LogP contribution in [-0.2, 0) is 14.1 Å². The maximum atomic E-state index is 5.37. The number of aromatic amines is 1. The first-order valence-corrected chi connectivity index (χ1v) is 7.96. The van der Waals surface area contributed by atoms with Crippen molar-refractivity contribution in [2.45, 2.75) is 0 Å². The van der Waals surface area contributed by atoms with Crippen LogP contribution in [0, 0.1) is 0 Å². The molecule has 0 saturated heterocycles. The van der Waals surface area contributed by atoms with Crippen molar-refractivity contribution in [3.8, 4) is 17.1 Å². The van der Waals surface area contributed by atoms with Gasteiger partial charge in [-0.05, 0) is 24.3 Å². The lowest BCUT2D eigenvalue weighted by Gasteiger charge is -1.99. The summed E-state index contributed by atoms with van der Waals surface area (Å²) in [7, 11) is 5.58. The first-order chi connectivity index (χ1) is 12.2. The molecule has 0 atom stereocenters. The third-order valence-electron chi connectivity index (χ3n) is 4.65. The van der Waals surface area contributed by atoms with Crippen LogP contribution in [0.5, 0.6) is 5.75 Å². The summed E-state index contributed by atoms with van der Waals surface area (Å²) >= 11 is 0. The zero-order valence-electron chi connectivity index (χ0n) is 14.1. The summed E-state index contributed by atoms with van der Waals surface area (Å²) < 4.78 is 9.21. The molecule has 5 rings (SSSR count). The molecule has 0 aliphatic heterocycles. The number of nitrogens with one attached hydrogen (secondary N) is 1. The Morgan fingerprint density at radius 3 is 2.84 bits per heavy atom. The molecule has 4 heterocycles. The SMILES string of the molecule is COc1ccc2c(c1)c(-c1cc3c(ncc4c[nH]n(C)c43)n1)nn2C. The first kappa shape index (κ1) is 14.0. The number of ether oxygens (including phenoxy) is 1. The Hall–Kier alpha value is -3.35. The second kappa shape index (κ2) is 4.83. The zero-order valence-corrected chi connectivity index (χ0v) is 14.1. The van der Waals surface area contributed by atoms with E-state index in [0.717, 1.165) is 50.0 Å². The number of pyridine rings is 1. The third-order valence-corrected chi connectivity index (χ3v) is 4.65. The van der Waals surface area contributed by atoms with E-state index in [1.165, 1.54) is 0 Å². The van der Waals surface area contributed by atoms with E-state index in [0.29, 0.717) is 0 Å². The average molecular weight is 332 g/mol. The number of benzene rings is 1. The van der Waals surface area contributed by atoms with Crippen molar-refractivity contribution in [2.75, 3.05) is 7.11 Å². The average Bonchev–Trinajstić information content (AvgIpc) is 3.30. The molecule has 7 nitrogen and oxygen atoms in total. The Balaban J connectivity index is 1.82. The molecule has 1 N–H and O–H groups in total. The van der Waals surface area contributed by atoms with Gasteiger partial charge >= 0.3 is 0 Å². The normalized spacial score (nSPS) is 11.8. The lowest BCUT2D eigenvalue weighted by atomic mass is 10.1. The summed E-state index contributed by atoms with van der Waals surface area (Å²) in [4.78, 5) is 9.20. The van der Waals surface area contributed by atoms with E-state index in [4.69, 9.17) is 9.72 Å². The fourth-order valence-corrected chi connectivity index (χ4v) is 3.42. The van der Waals surface area contributed by atoms with Crippen LogP contribution in [0.25, 0.3) is 44.2 Å². The van der Waals surface area contributed by atoms with Gasteiger partial charge in [0.05, 0.1) is 23.8 Å². The number of H-pyrrole nitrogens is 1. The van der Waals surface area contributed by atoms with Gasteiger partial charge in [-0.25, -0.2) is 9.97 Å². The van der Waals surface area contributed by atoms with Crippen LogP contribution in [0.15, 0.2) is 36.7 Å². The Morgan fingerprint density at radius 2 is 2.00 bits per heavy atom. The van der Waals surface area contributed by atoms with E-state index in [9.17, 15) is 0 Å². The number of rotatable bonds is 2. The molecule has 1 aromatic carbocycles. The standard InChI is InChI=1S/C18H16N6O/c1-23-15-5-4-11(25-3)6-12(15)16(22-23)14-7-13-17-10(9-20-24(17)2)8-19-18(13)21-14/h4-9,20H,1-3H3. The Labute approximate surface area is 142 Å². The molecule has 0 spiro atoms. The van der Waals surface area contributed by atoms with Gasteiger partial charge in [-0.1, -0.05) is 0 Å². The van der Waals surface area contributed by atoms with Gasteiger partial charge in [0, 0.05) is 42.6 Å². The molecule has 0 bridgehead atoms. The van der Waals surface area contributed by atoms with Crippen LogP contribution < -0.4 is 4.74 Å². The van der Waals surface area contributed by atoms with Crippen LogP contribution in [0.3, 0.4) is 0 Å². The number of aryl methyl sites for hydroxylation is 2. The molecule has 7 heteroatoms. The number of aromatic nitrogens is 6. The first-order valence-electron chi connectivity index (χ1n) is 7.96. The minimum atomic E-state index is 0.722. The topological polar surface area (TPSA) is 73.6 Å². The van der Waals surface area contributed by atoms with Crippen LogP contribution >= 0.6 is 0 Å². The Kier molecular flexibility index (Phi) is 2.71. The minimum absolute atomic E-state index is 0.722. The smallest absolute Gasteiger partial charge is 0.162 e. The molecule has 0 aliphatic carbocycles. The molecule has 0 radical (unpaired) electrons. The van der Waals surface area contributed by atoms with Crippen LogP contribution in [0.1, 0.15) is 0 Å². The molecule has 0 fully saturated rings. The van der Waals surface area contributed by atoms with E-state index in [2.05, 4.69) is 21.2 Å². The lowest BCUT2D eigenvalue weighted by Crippen LogP contribution is -1.89. The summed E-state index contributed by atoms with van der Waals surface area (Å²) in [6.07, 6.45) is 3.78. The van der Waals surface area contributed by atoms with E-state index < -0.39 is 0 Å². The number of hydrogen-bond acceptors (Lipinski definition) is 4. The lowest BCUT2D eigenvalue weighted by molar-refractivity contribution is 0.415. The molecule has 4 aromatic heterocycles. The van der Waals surface area contributed by atoms with Gasteiger partial charge in [0.2, 0.25) is 0 Å². The van der Waals surface area contributed by atoms with E-state index in [1.807, 2.05) is 54.1 Å². The van der Waals surface area contributed by atoms with Crippen molar-refractivity contribution in [3.05, 3.63) is 36.7 Å². The number of hydrogen-bond donors (Lipinski definition) is 1. The van der Waals surface area contributed by atoms with Crippen molar-refractivity contribution >= 4 is 32.8 Å². The Morgan fingerprint density at radius 1 is 1.12 bits per heavy atom. The number of fused-ring (bicyclic) bond motifs is 4. The zero-order chi connectivity index (χ0) is 17.1. The largest absolute Gasteiger partial charge is 0.497 e. The molecule has 0 amide bonds. The summed E-state index contributed by atoms with van der Waals surface area (Å²) in [6, 6.07) is 8.00. The highest BCUT2D eigenvalue weighted by Gasteiger charge is 2.17. The molecular weight excluding hydrogens is 316 g/mol. The highest BCUT2D eigenvalue weighted by Crippen LogP contribution is 2.33. The second-order valence-electron chi connectivity index (χ2n) is 6.13. The fourth-order valence-electron chi connectivity index (χ4n) is 3.42. The van der Waals surface area contributed by atoms with Crippen molar-refractivity contribution in [2.24, 2.45) is 14.1 Å². The predicted octanol–water partition coefficient (Wildman–Crippen LogP) is 3.01. The molecule has 0 unspecified atom stereocenters. The summed E-state index contributed by atoms with van der Waals surface area (Å²) in [5.41, 5.74) is 4.49. The molecule has 5 aromatic rings. The van der Waals surface area contributed by atoms with Gasteiger partial charge in [0.25, 0.3) is 0 Å². The predicted molar refractivity (Wildman–Crippen MR) is 96.6 cm³/mol. The number of nitrogens with zero attached hydrogens (tertiary/aromatic N) is 5. The highest BCUT2D eigenvalue weighted by molar-refractivity contribution is 6.05. The van der Waals surface area contributed by atoms with Crippen LogP contribution in [0.4, 0.5) is 0 Å². The summed E-state index contributed by atoms with van der Waals surface area (Å²) in [5, 5.41) is 10.9. The molecule has 0 saturated carbocycles. The Bertz CT molecular complexity index is 1260. The summed E-state index contributed by atoms with van der Waals surface area (Å²) in [5.74, 6) is 0.801. The van der Waals surface area contributed by atoms with Gasteiger partial charge in [-0.15, -0.1) is 0 Å². The molecule has 25 heavy (non-hydrogen) atoms.